The average Bonchev–Trinajstić information content (AvgIpc) is 2.77. The summed E-state index contributed by atoms with van der Waals surface area (Å²) in [6.07, 6.45) is 2.60. The summed E-state index contributed by atoms with van der Waals surface area (Å²) in [6, 6.07) is 0. The lowest BCUT2D eigenvalue weighted by Crippen LogP contribution is -2.41. The summed E-state index contributed by atoms with van der Waals surface area (Å²) in [7, 11) is 2.78. The summed E-state index contributed by atoms with van der Waals surface area (Å²) in [6.45, 7) is 0. The molecular formula is C11H13NO5. The van der Waals surface area contributed by atoms with Crippen molar-refractivity contribution in [3.8, 4) is 0 Å². The van der Waals surface area contributed by atoms with Gasteiger partial charge in [-0.25, -0.2) is 4.79 Å². The Hall–Kier alpha value is -1.85. The van der Waals surface area contributed by atoms with Crippen LogP contribution >= 0.6 is 0 Å². The zero-order valence-corrected chi connectivity index (χ0v) is 9.69. The monoisotopic (exact) mass is 239 g/mol. The van der Waals surface area contributed by atoms with Crippen LogP contribution in [0.3, 0.4) is 0 Å². The van der Waals surface area contributed by atoms with E-state index in [9.17, 15) is 9.59 Å². The van der Waals surface area contributed by atoms with Crippen molar-refractivity contribution >= 4 is 17.5 Å². The number of carbonyl (C=O) groups is 2. The van der Waals surface area contributed by atoms with E-state index >= 15 is 0 Å². The molecule has 6 heteroatoms. The maximum atomic E-state index is 11.9. The second-order valence-corrected chi connectivity index (χ2v) is 3.97. The first-order valence-corrected chi connectivity index (χ1v) is 5.23. The predicted molar refractivity (Wildman–Crippen MR) is 57.2 cm³/mol. The van der Waals surface area contributed by atoms with Crippen LogP contribution in [0.1, 0.15) is 19.3 Å². The fourth-order valence-corrected chi connectivity index (χ4v) is 1.93. The number of ether oxygens (including phenoxy) is 2. The first-order chi connectivity index (χ1) is 8.11. The zero-order valence-electron chi connectivity index (χ0n) is 9.69. The maximum Gasteiger partial charge on any atom is 0.356 e. The van der Waals surface area contributed by atoms with E-state index in [1.807, 2.05) is 0 Å². The quantitative estimate of drug-likeness (QED) is 0.658. The average molecular weight is 239 g/mol. The van der Waals surface area contributed by atoms with Crippen molar-refractivity contribution < 1.29 is 23.9 Å². The van der Waals surface area contributed by atoms with Gasteiger partial charge in [-0.2, -0.15) is 0 Å². The molecular weight excluding hydrogens is 226 g/mol. The number of rotatable bonds is 2. The molecule has 2 aliphatic rings. The van der Waals surface area contributed by atoms with Crippen molar-refractivity contribution in [2.45, 2.75) is 24.9 Å². The summed E-state index contributed by atoms with van der Waals surface area (Å²) < 4.78 is 9.56. The number of hydrogen-bond donors (Lipinski definition) is 0. The number of ketones is 1. The van der Waals surface area contributed by atoms with Gasteiger partial charge in [0.05, 0.1) is 26.4 Å². The van der Waals surface area contributed by atoms with Gasteiger partial charge < -0.3 is 14.3 Å². The summed E-state index contributed by atoms with van der Waals surface area (Å²) in [5.41, 5.74) is -0.888. The number of nitrogens with zero attached hydrogens (tertiary/aromatic N) is 1. The molecule has 0 unspecified atom stereocenters. The third-order valence-corrected chi connectivity index (χ3v) is 2.98. The van der Waals surface area contributed by atoms with E-state index in [-0.39, 0.29) is 17.9 Å². The Balaban J connectivity index is 2.14. The second-order valence-electron chi connectivity index (χ2n) is 3.97. The minimum absolute atomic E-state index is 0.148. The lowest BCUT2D eigenvalue weighted by Gasteiger charge is -2.27. The smallest absolute Gasteiger partial charge is 0.356 e. The summed E-state index contributed by atoms with van der Waals surface area (Å²) in [4.78, 5) is 28.4. The largest absolute Gasteiger partial charge is 0.501 e. The van der Waals surface area contributed by atoms with Crippen molar-refractivity contribution in [2.24, 2.45) is 5.16 Å². The van der Waals surface area contributed by atoms with Crippen LogP contribution < -0.4 is 0 Å². The molecule has 1 atom stereocenters. The topological polar surface area (TPSA) is 74.2 Å². The molecule has 0 saturated heterocycles. The Bertz CT molecular complexity index is 426. The minimum Gasteiger partial charge on any atom is -0.501 e. The second kappa shape index (κ2) is 4.20. The Kier molecular flexibility index (Phi) is 2.87. The Morgan fingerprint density at radius 1 is 1.53 bits per heavy atom. The first-order valence-electron chi connectivity index (χ1n) is 5.23. The standard InChI is InChI=1S/C11H13NO5/c1-15-7-3-4-11(9(13)5-7)6-8(12-17-11)10(14)16-2/h5H,3-4,6H2,1-2H3/t11-/m0/s1. The molecule has 17 heavy (non-hydrogen) atoms. The third kappa shape index (κ3) is 1.90. The van der Waals surface area contributed by atoms with Crippen molar-refractivity contribution in [1.29, 1.82) is 0 Å². The molecule has 1 heterocycles. The van der Waals surface area contributed by atoms with Crippen LogP contribution in [-0.2, 0) is 23.9 Å². The molecule has 0 fully saturated rings. The number of hydrogen-bond acceptors (Lipinski definition) is 6. The van der Waals surface area contributed by atoms with Crippen LogP contribution in [0.5, 0.6) is 0 Å². The number of oxime groups is 1. The van der Waals surface area contributed by atoms with Crippen molar-refractivity contribution in [3.05, 3.63) is 11.8 Å². The molecule has 0 amide bonds. The summed E-state index contributed by atoms with van der Waals surface area (Å²) in [5, 5.41) is 3.64. The van der Waals surface area contributed by atoms with E-state index in [4.69, 9.17) is 9.57 Å². The van der Waals surface area contributed by atoms with E-state index in [0.717, 1.165) is 0 Å². The minimum atomic E-state index is -1.04. The fourth-order valence-electron chi connectivity index (χ4n) is 1.93. The van der Waals surface area contributed by atoms with E-state index in [1.54, 1.807) is 0 Å². The Morgan fingerprint density at radius 2 is 2.29 bits per heavy atom. The first kappa shape index (κ1) is 11.6. The van der Waals surface area contributed by atoms with E-state index in [2.05, 4.69) is 9.89 Å². The number of carbonyl (C=O) groups excluding carboxylic acids is 2. The fraction of sp³-hybridized carbons (Fsp3) is 0.545. The van der Waals surface area contributed by atoms with Gasteiger partial charge in [-0.3, -0.25) is 4.79 Å². The van der Waals surface area contributed by atoms with Gasteiger partial charge in [0.25, 0.3) is 0 Å². The molecule has 0 saturated carbocycles. The van der Waals surface area contributed by atoms with Gasteiger partial charge in [-0.1, -0.05) is 5.16 Å². The van der Waals surface area contributed by atoms with Crippen molar-refractivity contribution in [2.75, 3.05) is 14.2 Å². The highest BCUT2D eigenvalue weighted by Gasteiger charge is 2.49. The molecule has 0 radical (unpaired) electrons. The molecule has 6 nitrogen and oxygen atoms in total. The summed E-state index contributed by atoms with van der Waals surface area (Å²) >= 11 is 0. The highest BCUT2D eigenvalue weighted by atomic mass is 16.7. The van der Waals surface area contributed by atoms with Gasteiger partial charge in [0.15, 0.2) is 5.71 Å². The normalized spacial score (nSPS) is 27.3. The molecule has 0 aromatic rings. The molecule has 2 rings (SSSR count). The van der Waals surface area contributed by atoms with E-state index in [0.29, 0.717) is 18.6 Å². The molecule has 1 aliphatic heterocycles. The van der Waals surface area contributed by atoms with Crippen LogP contribution in [0.4, 0.5) is 0 Å². The number of methoxy groups -OCH3 is 2. The molecule has 0 N–H and O–H groups in total. The lowest BCUT2D eigenvalue weighted by molar-refractivity contribution is -0.138. The molecule has 1 spiro atoms. The van der Waals surface area contributed by atoms with E-state index in [1.165, 1.54) is 20.3 Å². The highest BCUT2D eigenvalue weighted by molar-refractivity contribution is 6.37. The van der Waals surface area contributed by atoms with Crippen LogP contribution in [0.25, 0.3) is 0 Å². The molecule has 92 valence electrons. The number of esters is 1. The van der Waals surface area contributed by atoms with Crippen LogP contribution in [-0.4, -0.2) is 37.3 Å². The molecule has 0 aromatic heterocycles. The van der Waals surface area contributed by atoms with Crippen LogP contribution in [0.2, 0.25) is 0 Å². The van der Waals surface area contributed by atoms with Gasteiger partial charge in [0.2, 0.25) is 11.4 Å². The van der Waals surface area contributed by atoms with Gasteiger partial charge in [0, 0.05) is 18.9 Å². The highest BCUT2D eigenvalue weighted by Crippen LogP contribution is 2.35. The molecule has 1 aliphatic carbocycles. The summed E-state index contributed by atoms with van der Waals surface area (Å²) in [5.74, 6) is -0.157. The van der Waals surface area contributed by atoms with E-state index < -0.39 is 11.6 Å². The van der Waals surface area contributed by atoms with Crippen LogP contribution in [0, 0.1) is 0 Å². The Morgan fingerprint density at radius 3 is 2.88 bits per heavy atom. The van der Waals surface area contributed by atoms with Gasteiger partial charge in [-0.05, 0) is 0 Å². The molecule has 0 bridgehead atoms. The lowest BCUT2D eigenvalue weighted by atomic mass is 9.83. The number of allylic oxidation sites excluding steroid dienone is 1. The third-order valence-electron chi connectivity index (χ3n) is 2.98. The van der Waals surface area contributed by atoms with Crippen molar-refractivity contribution in [1.82, 2.24) is 0 Å². The van der Waals surface area contributed by atoms with Gasteiger partial charge in [0.1, 0.15) is 0 Å². The maximum absolute atomic E-state index is 11.9. The SMILES string of the molecule is COC(=O)C1=NO[C@@]2(CCC(OC)=CC2=O)C1. The van der Waals surface area contributed by atoms with Crippen LogP contribution in [0.15, 0.2) is 17.0 Å². The predicted octanol–water partition coefficient (Wildman–Crippen LogP) is 0.568. The molecule has 0 aromatic carbocycles. The van der Waals surface area contributed by atoms with Gasteiger partial charge in [-0.15, -0.1) is 0 Å². The van der Waals surface area contributed by atoms with Gasteiger partial charge >= 0.3 is 5.97 Å². The zero-order chi connectivity index (χ0) is 12.5. The van der Waals surface area contributed by atoms with Crippen molar-refractivity contribution in [3.63, 3.8) is 0 Å². The Labute approximate surface area is 98.2 Å².